The summed E-state index contributed by atoms with van der Waals surface area (Å²) < 4.78 is 0. The van der Waals surface area contributed by atoms with E-state index in [1.807, 2.05) is 0 Å². The van der Waals surface area contributed by atoms with Gasteiger partial charge in [0.05, 0.1) is 0 Å². The molecular weight excluding hydrogens is 232 g/mol. The predicted octanol–water partition coefficient (Wildman–Crippen LogP) is 3.81. The number of hydrogen-bond acceptors (Lipinski definition) is 2. The van der Waals surface area contributed by atoms with E-state index in [0.717, 1.165) is 18.0 Å². The molecule has 1 aliphatic carbocycles. The molecule has 0 aromatic heterocycles. The highest BCUT2D eigenvalue weighted by Crippen LogP contribution is 2.38. The first kappa shape index (κ1) is 15.3. The number of nitrogens with zero attached hydrogens (tertiary/aromatic N) is 1. The average molecular weight is 266 g/mol. The standard InChI is InChI=1S/C17H34N2/c1-5-12-18-16-9-13-19(15(3)14(16)2)17(4)10-7-6-8-11-17/h14-16,18H,5-13H2,1-4H3. The maximum Gasteiger partial charge on any atom is 0.0184 e. The first-order chi connectivity index (χ1) is 9.08. The van der Waals surface area contributed by atoms with Crippen molar-refractivity contribution in [2.75, 3.05) is 13.1 Å². The Kier molecular flexibility index (Phi) is 5.30. The summed E-state index contributed by atoms with van der Waals surface area (Å²) in [6.07, 6.45) is 9.74. The van der Waals surface area contributed by atoms with E-state index in [4.69, 9.17) is 0 Å². The number of piperidine rings is 1. The van der Waals surface area contributed by atoms with Gasteiger partial charge < -0.3 is 5.32 Å². The van der Waals surface area contributed by atoms with Crippen LogP contribution in [0.4, 0.5) is 0 Å². The van der Waals surface area contributed by atoms with Crippen LogP contribution in [-0.4, -0.2) is 35.6 Å². The summed E-state index contributed by atoms with van der Waals surface area (Å²) in [6, 6.07) is 1.46. The molecule has 3 unspecified atom stereocenters. The molecule has 1 heterocycles. The molecule has 19 heavy (non-hydrogen) atoms. The molecule has 2 fully saturated rings. The molecule has 0 amide bonds. The molecule has 3 atom stereocenters. The van der Waals surface area contributed by atoms with Gasteiger partial charge in [-0.3, -0.25) is 4.90 Å². The Labute approximate surface area is 120 Å². The monoisotopic (exact) mass is 266 g/mol. The Hall–Kier alpha value is -0.0800. The maximum atomic E-state index is 3.76. The summed E-state index contributed by atoms with van der Waals surface area (Å²) in [6.45, 7) is 12.2. The molecule has 2 nitrogen and oxygen atoms in total. The van der Waals surface area contributed by atoms with E-state index >= 15 is 0 Å². The molecule has 1 saturated carbocycles. The molecule has 1 saturated heterocycles. The van der Waals surface area contributed by atoms with Gasteiger partial charge in [-0.05, 0) is 52.0 Å². The van der Waals surface area contributed by atoms with E-state index in [9.17, 15) is 0 Å². The fraction of sp³-hybridized carbons (Fsp3) is 1.00. The lowest BCUT2D eigenvalue weighted by molar-refractivity contribution is -0.0231. The number of rotatable bonds is 4. The minimum Gasteiger partial charge on any atom is -0.314 e. The molecule has 2 rings (SSSR count). The van der Waals surface area contributed by atoms with Crippen molar-refractivity contribution in [3.8, 4) is 0 Å². The Morgan fingerprint density at radius 3 is 2.47 bits per heavy atom. The van der Waals surface area contributed by atoms with Crippen LogP contribution < -0.4 is 5.32 Å². The van der Waals surface area contributed by atoms with Gasteiger partial charge in [0.2, 0.25) is 0 Å². The molecule has 0 radical (unpaired) electrons. The van der Waals surface area contributed by atoms with E-state index in [1.54, 1.807) is 0 Å². The molecule has 2 heteroatoms. The van der Waals surface area contributed by atoms with Crippen LogP contribution in [0.2, 0.25) is 0 Å². The van der Waals surface area contributed by atoms with Crippen molar-refractivity contribution in [1.29, 1.82) is 0 Å². The van der Waals surface area contributed by atoms with Gasteiger partial charge in [0.25, 0.3) is 0 Å². The zero-order valence-corrected chi connectivity index (χ0v) is 13.5. The van der Waals surface area contributed by atoms with Crippen LogP contribution in [0, 0.1) is 5.92 Å². The second kappa shape index (κ2) is 6.58. The van der Waals surface area contributed by atoms with Crippen LogP contribution in [0.1, 0.15) is 72.6 Å². The largest absolute Gasteiger partial charge is 0.314 e. The second-order valence-corrected chi connectivity index (χ2v) is 7.20. The highest BCUT2D eigenvalue weighted by Gasteiger charge is 2.41. The lowest BCUT2D eigenvalue weighted by Gasteiger charge is -2.53. The lowest BCUT2D eigenvalue weighted by Crippen LogP contribution is -2.61. The van der Waals surface area contributed by atoms with Gasteiger partial charge in [0.1, 0.15) is 0 Å². The van der Waals surface area contributed by atoms with Crippen molar-refractivity contribution in [2.45, 2.75) is 90.3 Å². The first-order valence-corrected chi connectivity index (χ1v) is 8.58. The molecule has 1 aliphatic heterocycles. The van der Waals surface area contributed by atoms with Gasteiger partial charge in [0, 0.05) is 24.2 Å². The summed E-state index contributed by atoms with van der Waals surface area (Å²) in [5.41, 5.74) is 0.488. The Morgan fingerprint density at radius 2 is 1.84 bits per heavy atom. The molecule has 0 aromatic rings. The summed E-state index contributed by atoms with van der Waals surface area (Å²) >= 11 is 0. The zero-order chi connectivity index (χ0) is 13.9. The van der Waals surface area contributed by atoms with Crippen molar-refractivity contribution < 1.29 is 0 Å². The minimum absolute atomic E-state index is 0.488. The summed E-state index contributed by atoms with van der Waals surface area (Å²) in [7, 11) is 0. The van der Waals surface area contributed by atoms with Gasteiger partial charge in [-0.1, -0.05) is 33.1 Å². The lowest BCUT2D eigenvalue weighted by atomic mass is 9.77. The molecular formula is C17H34N2. The van der Waals surface area contributed by atoms with Crippen LogP contribution in [-0.2, 0) is 0 Å². The van der Waals surface area contributed by atoms with Gasteiger partial charge in [0.15, 0.2) is 0 Å². The van der Waals surface area contributed by atoms with E-state index in [1.165, 1.54) is 58.0 Å². The first-order valence-electron chi connectivity index (χ1n) is 8.58. The number of hydrogen-bond donors (Lipinski definition) is 1. The van der Waals surface area contributed by atoms with E-state index in [2.05, 4.69) is 37.9 Å². The maximum absolute atomic E-state index is 3.76. The van der Waals surface area contributed by atoms with E-state index in [0.29, 0.717) is 5.54 Å². The van der Waals surface area contributed by atoms with Crippen molar-refractivity contribution in [3.63, 3.8) is 0 Å². The highest BCUT2D eigenvalue weighted by atomic mass is 15.2. The van der Waals surface area contributed by atoms with Gasteiger partial charge in [-0.25, -0.2) is 0 Å². The van der Waals surface area contributed by atoms with Crippen molar-refractivity contribution in [3.05, 3.63) is 0 Å². The second-order valence-electron chi connectivity index (χ2n) is 7.20. The van der Waals surface area contributed by atoms with E-state index < -0.39 is 0 Å². The SMILES string of the molecule is CCCNC1CCN(C2(C)CCCCC2)C(C)C1C. The smallest absolute Gasteiger partial charge is 0.0184 e. The summed E-state index contributed by atoms with van der Waals surface area (Å²) in [4.78, 5) is 2.85. The van der Waals surface area contributed by atoms with Crippen molar-refractivity contribution in [1.82, 2.24) is 10.2 Å². The normalized spacial score (nSPS) is 36.3. The Balaban J connectivity index is 1.97. The van der Waals surface area contributed by atoms with Crippen LogP contribution in [0.5, 0.6) is 0 Å². The third kappa shape index (κ3) is 3.33. The molecule has 2 aliphatic rings. The quantitative estimate of drug-likeness (QED) is 0.832. The highest BCUT2D eigenvalue weighted by molar-refractivity contribution is 4.98. The third-order valence-electron chi connectivity index (χ3n) is 5.85. The van der Waals surface area contributed by atoms with Crippen LogP contribution in [0.3, 0.4) is 0 Å². The summed E-state index contributed by atoms with van der Waals surface area (Å²) in [5.74, 6) is 0.777. The van der Waals surface area contributed by atoms with Crippen LogP contribution >= 0.6 is 0 Å². The predicted molar refractivity (Wildman–Crippen MR) is 83.5 cm³/mol. The van der Waals surface area contributed by atoms with Crippen LogP contribution in [0.15, 0.2) is 0 Å². The average Bonchev–Trinajstić information content (AvgIpc) is 2.41. The fourth-order valence-electron chi connectivity index (χ4n) is 4.34. The molecule has 0 bridgehead atoms. The minimum atomic E-state index is 0.488. The zero-order valence-electron chi connectivity index (χ0n) is 13.5. The Morgan fingerprint density at radius 1 is 1.16 bits per heavy atom. The topological polar surface area (TPSA) is 15.3 Å². The van der Waals surface area contributed by atoms with Gasteiger partial charge >= 0.3 is 0 Å². The van der Waals surface area contributed by atoms with Crippen molar-refractivity contribution in [2.24, 2.45) is 5.92 Å². The number of likely N-dealkylation sites (tertiary alicyclic amines) is 1. The Bertz CT molecular complexity index is 270. The fourth-order valence-corrected chi connectivity index (χ4v) is 4.34. The van der Waals surface area contributed by atoms with Gasteiger partial charge in [-0.15, -0.1) is 0 Å². The van der Waals surface area contributed by atoms with E-state index in [-0.39, 0.29) is 0 Å². The number of nitrogens with one attached hydrogen (secondary N) is 1. The van der Waals surface area contributed by atoms with Crippen LogP contribution in [0.25, 0.3) is 0 Å². The molecule has 112 valence electrons. The van der Waals surface area contributed by atoms with Gasteiger partial charge in [-0.2, -0.15) is 0 Å². The molecule has 0 aromatic carbocycles. The van der Waals surface area contributed by atoms with Crippen molar-refractivity contribution >= 4 is 0 Å². The third-order valence-corrected chi connectivity index (χ3v) is 5.85. The molecule has 1 N–H and O–H groups in total. The molecule has 0 spiro atoms. The summed E-state index contributed by atoms with van der Waals surface area (Å²) in [5, 5.41) is 3.76.